The highest BCUT2D eigenvalue weighted by atomic mass is 35.5. The second-order valence-electron chi connectivity index (χ2n) is 5.23. The van der Waals surface area contributed by atoms with E-state index >= 15 is 0 Å². The molecule has 0 bridgehead atoms. The summed E-state index contributed by atoms with van der Waals surface area (Å²) in [4.78, 5) is 11.0. The molecule has 1 aliphatic heterocycles. The molecule has 2 aromatic carbocycles. The molecular weight excluding hydrogens is 298 g/mol. The molecule has 0 amide bonds. The molecule has 0 spiro atoms. The van der Waals surface area contributed by atoms with Crippen molar-refractivity contribution in [3.05, 3.63) is 53.3 Å². The summed E-state index contributed by atoms with van der Waals surface area (Å²) in [5.41, 5.74) is 3.28. The number of anilines is 2. The third-order valence-electron chi connectivity index (χ3n) is 3.99. The van der Waals surface area contributed by atoms with Crippen LogP contribution in [0.3, 0.4) is 0 Å². The van der Waals surface area contributed by atoms with E-state index in [1.807, 2.05) is 30.3 Å². The fraction of sp³-hybridized carbons (Fsp3) is 0.176. The second-order valence-corrected chi connectivity index (χ2v) is 5.57. The molecular formula is C17H14ClN3O. The number of fused-ring (bicyclic) bond motifs is 2. The molecule has 1 aromatic heterocycles. The Morgan fingerprint density at radius 2 is 2.00 bits per heavy atom. The van der Waals surface area contributed by atoms with Crippen LogP contribution >= 0.6 is 11.6 Å². The van der Waals surface area contributed by atoms with E-state index in [4.69, 9.17) is 16.3 Å². The van der Waals surface area contributed by atoms with E-state index in [9.17, 15) is 0 Å². The Balaban J connectivity index is 1.88. The van der Waals surface area contributed by atoms with E-state index in [0.717, 1.165) is 41.1 Å². The van der Waals surface area contributed by atoms with Crippen molar-refractivity contribution in [1.82, 2.24) is 9.97 Å². The molecule has 0 radical (unpaired) electrons. The Bertz CT molecular complexity index is 866. The Hall–Kier alpha value is -2.33. The van der Waals surface area contributed by atoms with E-state index < -0.39 is 0 Å². The maximum Gasteiger partial charge on any atom is 0.224 e. The van der Waals surface area contributed by atoms with Gasteiger partial charge in [-0.1, -0.05) is 12.1 Å². The van der Waals surface area contributed by atoms with E-state index in [0.29, 0.717) is 0 Å². The number of methoxy groups -OCH3 is 1. The van der Waals surface area contributed by atoms with E-state index in [1.54, 1.807) is 7.11 Å². The summed E-state index contributed by atoms with van der Waals surface area (Å²) in [6.07, 6.45) is 0.961. The molecule has 4 rings (SSSR count). The first-order valence-electron chi connectivity index (χ1n) is 7.13. The van der Waals surface area contributed by atoms with Gasteiger partial charge in [0, 0.05) is 17.6 Å². The lowest BCUT2D eigenvalue weighted by Gasteiger charge is -2.20. The molecule has 1 aliphatic rings. The fourth-order valence-corrected chi connectivity index (χ4v) is 3.13. The summed E-state index contributed by atoms with van der Waals surface area (Å²) >= 11 is 6.11. The minimum Gasteiger partial charge on any atom is -0.497 e. The number of ether oxygens (including phenoxy) is 1. The van der Waals surface area contributed by atoms with Gasteiger partial charge in [0.25, 0.3) is 0 Å². The third-order valence-corrected chi connectivity index (χ3v) is 4.16. The predicted octanol–water partition coefficient (Wildman–Crippen LogP) is 3.99. The topological polar surface area (TPSA) is 38.2 Å². The first-order valence-corrected chi connectivity index (χ1v) is 7.51. The zero-order chi connectivity index (χ0) is 15.1. The van der Waals surface area contributed by atoms with E-state index in [1.165, 1.54) is 5.56 Å². The van der Waals surface area contributed by atoms with E-state index in [-0.39, 0.29) is 5.28 Å². The van der Waals surface area contributed by atoms with Crippen molar-refractivity contribution in [2.75, 3.05) is 18.6 Å². The Morgan fingerprint density at radius 1 is 1.14 bits per heavy atom. The van der Waals surface area contributed by atoms with Gasteiger partial charge in [-0.3, -0.25) is 0 Å². The number of hydrogen-bond acceptors (Lipinski definition) is 4. The number of hydrogen-bond donors (Lipinski definition) is 0. The minimum absolute atomic E-state index is 0.274. The summed E-state index contributed by atoms with van der Waals surface area (Å²) in [6, 6.07) is 14.1. The number of rotatable bonds is 2. The Morgan fingerprint density at radius 3 is 2.86 bits per heavy atom. The van der Waals surface area contributed by atoms with Gasteiger partial charge in [-0.2, -0.15) is 4.98 Å². The van der Waals surface area contributed by atoms with Crippen molar-refractivity contribution in [3.63, 3.8) is 0 Å². The summed E-state index contributed by atoms with van der Waals surface area (Å²) in [6.45, 7) is 0.875. The highest BCUT2D eigenvalue weighted by Crippen LogP contribution is 2.38. The number of benzene rings is 2. The van der Waals surface area contributed by atoms with Crippen molar-refractivity contribution in [2.24, 2.45) is 0 Å². The highest BCUT2D eigenvalue weighted by molar-refractivity contribution is 6.28. The van der Waals surface area contributed by atoms with Crippen LogP contribution in [0.1, 0.15) is 5.56 Å². The lowest BCUT2D eigenvalue weighted by Crippen LogP contribution is -2.15. The third kappa shape index (κ3) is 2.07. The van der Waals surface area contributed by atoms with Crippen LogP contribution in [-0.4, -0.2) is 23.6 Å². The van der Waals surface area contributed by atoms with Crippen LogP contribution in [0, 0.1) is 0 Å². The number of halogens is 1. The van der Waals surface area contributed by atoms with Gasteiger partial charge in [-0.05, 0) is 53.9 Å². The smallest absolute Gasteiger partial charge is 0.224 e. The van der Waals surface area contributed by atoms with Crippen LogP contribution in [0.15, 0.2) is 42.5 Å². The first kappa shape index (κ1) is 13.3. The zero-order valence-electron chi connectivity index (χ0n) is 12.1. The quantitative estimate of drug-likeness (QED) is 0.671. The van der Waals surface area contributed by atoms with Gasteiger partial charge in [0.1, 0.15) is 11.6 Å². The molecule has 22 heavy (non-hydrogen) atoms. The molecule has 0 unspecified atom stereocenters. The highest BCUT2D eigenvalue weighted by Gasteiger charge is 2.24. The molecule has 2 heterocycles. The molecule has 0 saturated carbocycles. The van der Waals surface area contributed by atoms with Gasteiger partial charge in [-0.25, -0.2) is 4.98 Å². The van der Waals surface area contributed by atoms with Crippen LogP contribution in [0.4, 0.5) is 11.5 Å². The maximum atomic E-state index is 6.11. The van der Waals surface area contributed by atoms with Crippen LogP contribution in [0.5, 0.6) is 5.75 Å². The predicted molar refractivity (Wildman–Crippen MR) is 88.3 cm³/mol. The summed E-state index contributed by atoms with van der Waals surface area (Å²) in [7, 11) is 1.69. The van der Waals surface area contributed by atoms with E-state index in [2.05, 4.69) is 27.0 Å². The molecule has 0 aliphatic carbocycles. The van der Waals surface area contributed by atoms with Crippen molar-refractivity contribution in [2.45, 2.75) is 6.42 Å². The van der Waals surface area contributed by atoms with Crippen LogP contribution in [0.2, 0.25) is 5.28 Å². The van der Waals surface area contributed by atoms with Crippen molar-refractivity contribution in [3.8, 4) is 5.75 Å². The zero-order valence-corrected chi connectivity index (χ0v) is 12.8. The fourth-order valence-electron chi connectivity index (χ4n) is 2.96. The van der Waals surface area contributed by atoms with Crippen LogP contribution in [-0.2, 0) is 6.42 Å². The summed E-state index contributed by atoms with van der Waals surface area (Å²) in [5, 5.41) is 1.28. The van der Waals surface area contributed by atoms with Crippen molar-refractivity contribution >= 4 is 34.0 Å². The Kier molecular flexibility index (Phi) is 3.12. The SMILES string of the molecule is COc1ccc2c(c1)CCN2c1nc(Cl)nc2ccccc12. The molecule has 4 nitrogen and oxygen atoms in total. The van der Waals surface area contributed by atoms with Gasteiger partial charge in [0.2, 0.25) is 5.28 Å². The van der Waals surface area contributed by atoms with Crippen molar-refractivity contribution in [1.29, 1.82) is 0 Å². The summed E-state index contributed by atoms with van der Waals surface area (Å²) in [5.74, 6) is 1.74. The molecule has 0 atom stereocenters. The van der Waals surface area contributed by atoms with Gasteiger partial charge in [-0.15, -0.1) is 0 Å². The minimum atomic E-state index is 0.274. The van der Waals surface area contributed by atoms with Crippen LogP contribution in [0.25, 0.3) is 10.9 Å². The van der Waals surface area contributed by atoms with Crippen molar-refractivity contribution < 1.29 is 4.74 Å². The molecule has 3 aromatic rings. The average molecular weight is 312 g/mol. The Labute approximate surface area is 133 Å². The monoisotopic (exact) mass is 311 g/mol. The summed E-state index contributed by atoms with van der Waals surface area (Å²) < 4.78 is 5.30. The molecule has 0 N–H and O–H groups in total. The number of aromatic nitrogens is 2. The standard InChI is InChI=1S/C17H14ClN3O/c1-22-12-6-7-15-11(10-12)8-9-21(15)16-13-4-2-3-5-14(13)19-17(18)20-16/h2-7,10H,8-9H2,1H3. The number of nitrogens with zero attached hydrogens (tertiary/aromatic N) is 3. The largest absolute Gasteiger partial charge is 0.497 e. The van der Waals surface area contributed by atoms with Gasteiger partial charge in [0.05, 0.1) is 12.6 Å². The lowest BCUT2D eigenvalue weighted by molar-refractivity contribution is 0.414. The first-order chi connectivity index (χ1) is 10.8. The number of para-hydroxylation sites is 1. The van der Waals surface area contributed by atoms with Gasteiger partial charge < -0.3 is 9.64 Å². The van der Waals surface area contributed by atoms with Gasteiger partial charge in [0.15, 0.2) is 0 Å². The normalized spacial score (nSPS) is 13.5. The lowest BCUT2D eigenvalue weighted by atomic mass is 10.1. The second kappa shape index (κ2) is 5.14. The van der Waals surface area contributed by atoms with Gasteiger partial charge >= 0.3 is 0 Å². The molecule has 110 valence electrons. The van der Waals surface area contributed by atoms with Crippen LogP contribution < -0.4 is 9.64 Å². The molecule has 0 fully saturated rings. The molecule has 0 saturated heterocycles. The molecule has 5 heteroatoms. The maximum absolute atomic E-state index is 6.11. The average Bonchev–Trinajstić information content (AvgIpc) is 2.96.